The molecule has 1 aliphatic carbocycles. The van der Waals surface area contributed by atoms with Gasteiger partial charge in [0.2, 0.25) is 5.65 Å². The third-order valence-electron chi connectivity index (χ3n) is 4.01. The molecule has 0 saturated heterocycles. The maximum Gasteiger partial charge on any atom is 0.346 e. The molecular weight excluding hydrogens is 254 g/mol. The molecule has 0 bridgehead atoms. The summed E-state index contributed by atoms with van der Waals surface area (Å²) in [7, 11) is 0. The second kappa shape index (κ2) is 5.56. The molecule has 1 aliphatic rings. The lowest BCUT2D eigenvalue weighted by molar-refractivity contribution is 0.159. The fourth-order valence-corrected chi connectivity index (χ4v) is 2.97. The molecule has 0 radical (unpaired) electrons. The summed E-state index contributed by atoms with van der Waals surface area (Å²) in [6, 6.07) is 3.87. The van der Waals surface area contributed by atoms with E-state index in [1.807, 2.05) is 17.9 Å². The van der Waals surface area contributed by atoms with E-state index >= 15 is 0 Å². The highest BCUT2D eigenvalue weighted by molar-refractivity contribution is 5.86. The van der Waals surface area contributed by atoms with Crippen LogP contribution < -0.4 is 0 Å². The molecule has 1 saturated carbocycles. The van der Waals surface area contributed by atoms with Crippen molar-refractivity contribution in [2.45, 2.75) is 45.1 Å². The molecule has 0 aliphatic heterocycles. The second-order valence-electron chi connectivity index (χ2n) is 5.21. The molecule has 2 aromatic heterocycles. The zero-order chi connectivity index (χ0) is 13.9. The minimum absolute atomic E-state index is 0.0881. The lowest BCUT2D eigenvalue weighted by Crippen LogP contribution is -2.43. The van der Waals surface area contributed by atoms with Gasteiger partial charge < -0.3 is 4.90 Å². The van der Waals surface area contributed by atoms with E-state index in [9.17, 15) is 4.79 Å². The highest BCUT2D eigenvalue weighted by atomic mass is 16.2. The summed E-state index contributed by atoms with van der Waals surface area (Å²) in [6.45, 7) is 2.72. The van der Waals surface area contributed by atoms with Crippen molar-refractivity contribution in [1.82, 2.24) is 24.9 Å². The predicted molar refractivity (Wildman–Crippen MR) is 75.4 cm³/mol. The third-order valence-corrected chi connectivity index (χ3v) is 4.01. The Balaban J connectivity index is 1.89. The van der Waals surface area contributed by atoms with Crippen molar-refractivity contribution in [3.05, 3.63) is 18.3 Å². The van der Waals surface area contributed by atoms with Crippen LogP contribution in [0.5, 0.6) is 0 Å². The highest BCUT2D eigenvalue weighted by Crippen LogP contribution is 2.23. The highest BCUT2D eigenvalue weighted by Gasteiger charge is 2.26. The van der Waals surface area contributed by atoms with Crippen LogP contribution in [-0.4, -0.2) is 43.5 Å². The molecule has 2 heterocycles. The SMILES string of the molecule is CCN(C(=O)n1nnc2ncccc21)C1CCCCC1. The van der Waals surface area contributed by atoms with Crippen LogP contribution >= 0.6 is 0 Å². The number of nitrogens with zero attached hydrogens (tertiary/aromatic N) is 5. The van der Waals surface area contributed by atoms with Gasteiger partial charge in [0.15, 0.2) is 0 Å². The fourth-order valence-electron chi connectivity index (χ4n) is 2.97. The Bertz CT molecular complexity index is 602. The van der Waals surface area contributed by atoms with Crippen LogP contribution in [0.3, 0.4) is 0 Å². The van der Waals surface area contributed by atoms with Gasteiger partial charge in [0.05, 0.1) is 0 Å². The number of carbonyl (C=O) groups is 1. The lowest BCUT2D eigenvalue weighted by atomic mass is 9.94. The van der Waals surface area contributed by atoms with Gasteiger partial charge in [0, 0.05) is 18.8 Å². The maximum atomic E-state index is 12.7. The summed E-state index contributed by atoms with van der Waals surface area (Å²) in [5, 5.41) is 7.93. The smallest absolute Gasteiger partial charge is 0.320 e. The standard InChI is InChI=1S/C14H19N5O/c1-2-18(11-7-4-3-5-8-11)14(20)19-12-9-6-10-15-13(12)16-17-19/h6,9-11H,2-5,7-8H2,1H3. The first kappa shape index (κ1) is 13.0. The van der Waals surface area contributed by atoms with E-state index in [-0.39, 0.29) is 6.03 Å². The summed E-state index contributed by atoms with van der Waals surface area (Å²) >= 11 is 0. The molecule has 2 aromatic rings. The van der Waals surface area contributed by atoms with Gasteiger partial charge in [-0.25, -0.2) is 9.78 Å². The molecule has 0 spiro atoms. The van der Waals surface area contributed by atoms with Crippen molar-refractivity contribution in [2.75, 3.05) is 6.54 Å². The van der Waals surface area contributed by atoms with Gasteiger partial charge in [0.1, 0.15) is 5.52 Å². The van der Waals surface area contributed by atoms with Gasteiger partial charge in [-0.15, -0.1) is 5.10 Å². The molecule has 6 nitrogen and oxygen atoms in total. The average molecular weight is 273 g/mol. The molecule has 1 fully saturated rings. The van der Waals surface area contributed by atoms with E-state index in [1.165, 1.54) is 23.9 Å². The van der Waals surface area contributed by atoms with Crippen LogP contribution in [-0.2, 0) is 0 Å². The van der Waals surface area contributed by atoms with Crippen molar-refractivity contribution >= 4 is 17.2 Å². The molecule has 0 unspecified atom stereocenters. The Morgan fingerprint density at radius 1 is 1.40 bits per heavy atom. The largest absolute Gasteiger partial charge is 0.346 e. The summed E-state index contributed by atoms with van der Waals surface area (Å²) in [5.74, 6) is 0. The molecule has 106 valence electrons. The minimum Gasteiger partial charge on any atom is -0.320 e. The lowest BCUT2D eigenvalue weighted by Gasteiger charge is -2.33. The van der Waals surface area contributed by atoms with Gasteiger partial charge >= 0.3 is 6.03 Å². The van der Waals surface area contributed by atoms with Gasteiger partial charge in [-0.2, -0.15) is 4.68 Å². The molecule has 0 N–H and O–H groups in total. The Hall–Kier alpha value is -1.98. The van der Waals surface area contributed by atoms with Crippen LogP contribution in [0.2, 0.25) is 0 Å². The van der Waals surface area contributed by atoms with E-state index in [4.69, 9.17) is 0 Å². The summed E-state index contributed by atoms with van der Waals surface area (Å²) in [4.78, 5) is 18.7. The third kappa shape index (κ3) is 2.26. The van der Waals surface area contributed by atoms with Crippen LogP contribution in [0.4, 0.5) is 4.79 Å². The van der Waals surface area contributed by atoms with Crippen molar-refractivity contribution in [3.63, 3.8) is 0 Å². The normalized spacial score (nSPS) is 16.4. The number of carbonyl (C=O) groups excluding carboxylic acids is 1. The molecule has 1 amide bonds. The van der Waals surface area contributed by atoms with Crippen LogP contribution in [0.15, 0.2) is 18.3 Å². The van der Waals surface area contributed by atoms with Crippen molar-refractivity contribution in [1.29, 1.82) is 0 Å². The van der Waals surface area contributed by atoms with E-state index in [0.29, 0.717) is 23.8 Å². The average Bonchev–Trinajstić information content (AvgIpc) is 2.93. The van der Waals surface area contributed by atoms with Gasteiger partial charge in [-0.3, -0.25) is 0 Å². The summed E-state index contributed by atoms with van der Waals surface area (Å²) in [6.07, 6.45) is 7.51. The number of aromatic nitrogens is 4. The zero-order valence-corrected chi connectivity index (χ0v) is 11.7. The topological polar surface area (TPSA) is 63.9 Å². The molecule has 20 heavy (non-hydrogen) atoms. The van der Waals surface area contributed by atoms with Crippen molar-refractivity contribution < 1.29 is 4.79 Å². The number of pyridine rings is 1. The van der Waals surface area contributed by atoms with E-state index in [1.54, 1.807) is 12.3 Å². The maximum absolute atomic E-state index is 12.7. The van der Waals surface area contributed by atoms with E-state index in [2.05, 4.69) is 15.3 Å². The number of hydrogen-bond donors (Lipinski definition) is 0. The van der Waals surface area contributed by atoms with Crippen LogP contribution in [0, 0.1) is 0 Å². The molecule has 0 aromatic carbocycles. The predicted octanol–water partition coefficient (Wildman–Crippen LogP) is 2.45. The summed E-state index contributed by atoms with van der Waals surface area (Å²) in [5.41, 5.74) is 1.19. The Kier molecular flexibility index (Phi) is 3.62. The first-order valence-electron chi connectivity index (χ1n) is 7.28. The van der Waals surface area contributed by atoms with E-state index in [0.717, 1.165) is 12.8 Å². The molecule has 0 atom stereocenters. The van der Waals surface area contributed by atoms with Gasteiger partial charge in [-0.1, -0.05) is 24.5 Å². The Morgan fingerprint density at radius 2 is 2.20 bits per heavy atom. The number of fused-ring (bicyclic) bond motifs is 1. The van der Waals surface area contributed by atoms with Crippen molar-refractivity contribution in [3.8, 4) is 0 Å². The number of amides is 1. The summed E-state index contributed by atoms with van der Waals surface area (Å²) < 4.78 is 1.38. The molecular formula is C14H19N5O. The van der Waals surface area contributed by atoms with Crippen molar-refractivity contribution in [2.24, 2.45) is 0 Å². The van der Waals surface area contributed by atoms with Gasteiger partial charge in [0.25, 0.3) is 0 Å². The minimum atomic E-state index is -0.0881. The Labute approximate surface area is 117 Å². The van der Waals surface area contributed by atoms with Crippen LogP contribution in [0.1, 0.15) is 39.0 Å². The van der Waals surface area contributed by atoms with E-state index < -0.39 is 0 Å². The quantitative estimate of drug-likeness (QED) is 0.843. The fraction of sp³-hybridized carbons (Fsp3) is 0.571. The first-order chi connectivity index (χ1) is 9.81. The van der Waals surface area contributed by atoms with Gasteiger partial charge in [-0.05, 0) is 31.9 Å². The molecule has 6 heteroatoms. The molecule has 3 rings (SSSR count). The first-order valence-corrected chi connectivity index (χ1v) is 7.28. The van der Waals surface area contributed by atoms with Crippen LogP contribution in [0.25, 0.3) is 11.2 Å². The number of hydrogen-bond acceptors (Lipinski definition) is 4. The second-order valence-corrected chi connectivity index (χ2v) is 5.21. The Morgan fingerprint density at radius 3 is 2.95 bits per heavy atom. The zero-order valence-electron chi connectivity index (χ0n) is 11.7. The number of rotatable bonds is 2. The monoisotopic (exact) mass is 273 g/mol.